The SMILES string of the molecule is C=C1[C@H]2[C@H](O)[C@H](O)[C@@H]3[C@H]2[C@H](C(C)C)CC[C@]13CO. The van der Waals surface area contributed by atoms with Crippen molar-refractivity contribution in [2.45, 2.75) is 38.9 Å². The van der Waals surface area contributed by atoms with Crippen LogP contribution in [0, 0.1) is 35.0 Å². The number of hydrogen-bond donors (Lipinski definition) is 3. The Kier molecular flexibility index (Phi) is 2.68. The molecule has 0 amide bonds. The summed E-state index contributed by atoms with van der Waals surface area (Å²) in [6.07, 6.45) is 0.631. The van der Waals surface area contributed by atoms with Gasteiger partial charge in [-0.05, 0) is 30.6 Å². The monoisotopic (exact) mass is 252 g/mol. The molecule has 3 N–H and O–H groups in total. The number of aliphatic hydroxyl groups excluding tert-OH is 3. The van der Waals surface area contributed by atoms with Crippen molar-refractivity contribution in [3.05, 3.63) is 12.2 Å². The van der Waals surface area contributed by atoms with E-state index >= 15 is 0 Å². The summed E-state index contributed by atoms with van der Waals surface area (Å²) in [6.45, 7) is 8.67. The van der Waals surface area contributed by atoms with Gasteiger partial charge >= 0.3 is 0 Å². The van der Waals surface area contributed by atoms with Crippen molar-refractivity contribution >= 4 is 0 Å². The summed E-state index contributed by atoms with van der Waals surface area (Å²) in [5.74, 6) is 1.40. The first kappa shape index (κ1) is 12.6. The molecule has 0 aromatic carbocycles. The van der Waals surface area contributed by atoms with Crippen molar-refractivity contribution in [1.29, 1.82) is 0 Å². The summed E-state index contributed by atoms with van der Waals surface area (Å²) < 4.78 is 0. The van der Waals surface area contributed by atoms with Crippen LogP contribution >= 0.6 is 0 Å². The molecule has 3 aliphatic rings. The fraction of sp³-hybridized carbons (Fsp3) is 0.867. The second-order valence-electron chi connectivity index (χ2n) is 6.90. The number of aliphatic hydroxyl groups is 3. The van der Waals surface area contributed by atoms with E-state index in [4.69, 9.17) is 0 Å². The molecule has 0 heterocycles. The molecule has 3 aliphatic carbocycles. The second-order valence-corrected chi connectivity index (χ2v) is 6.90. The van der Waals surface area contributed by atoms with E-state index in [0.717, 1.165) is 18.4 Å². The van der Waals surface area contributed by atoms with Gasteiger partial charge < -0.3 is 15.3 Å². The van der Waals surface area contributed by atoms with E-state index in [0.29, 0.717) is 17.8 Å². The minimum atomic E-state index is -0.681. The van der Waals surface area contributed by atoms with Gasteiger partial charge in [-0.2, -0.15) is 0 Å². The third kappa shape index (κ3) is 1.21. The van der Waals surface area contributed by atoms with Gasteiger partial charge in [0.1, 0.15) is 0 Å². The van der Waals surface area contributed by atoms with Crippen LogP contribution in [0.2, 0.25) is 0 Å². The molecule has 0 spiro atoms. The molecule has 102 valence electrons. The third-order valence-electron chi connectivity index (χ3n) is 6.15. The van der Waals surface area contributed by atoms with Crippen LogP contribution in [-0.2, 0) is 0 Å². The molecule has 3 nitrogen and oxygen atoms in total. The quantitative estimate of drug-likeness (QED) is 0.647. The van der Waals surface area contributed by atoms with E-state index in [-0.39, 0.29) is 23.9 Å². The Morgan fingerprint density at radius 2 is 2.00 bits per heavy atom. The molecular weight excluding hydrogens is 228 g/mol. The average molecular weight is 252 g/mol. The lowest BCUT2D eigenvalue weighted by atomic mass is 9.60. The molecule has 0 aromatic heterocycles. The predicted octanol–water partition coefficient (Wildman–Crippen LogP) is 1.18. The Morgan fingerprint density at radius 3 is 2.56 bits per heavy atom. The summed E-state index contributed by atoms with van der Waals surface area (Å²) in [7, 11) is 0. The lowest BCUT2D eigenvalue weighted by Crippen LogP contribution is -2.48. The average Bonchev–Trinajstić information content (AvgIpc) is 2.68. The van der Waals surface area contributed by atoms with Crippen LogP contribution in [0.4, 0.5) is 0 Å². The summed E-state index contributed by atoms with van der Waals surface area (Å²) in [5.41, 5.74) is 0.681. The van der Waals surface area contributed by atoms with Crippen molar-refractivity contribution < 1.29 is 15.3 Å². The van der Waals surface area contributed by atoms with E-state index < -0.39 is 12.2 Å². The maximum atomic E-state index is 10.3. The van der Waals surface area contributed by atoms with Crippen LogP contribution in [0.15, 0.2) is 12.2 Å². The lowest BCUT2D eigenvalue weighted by molar-refractivity contribution is -0.0723. The number of hydrogen-bond acceptors (Lipinski definition) is 3. The zero-order chi connectivity index (χ0) is 13.2. The Labute approximate surface area is 109 Å². The van der Waals surface area contributed by atoms with Crippen LogP contribution in [0.5, 0.6) is 0 Å². The van der Waals surface area contributed by atoms with Gasteiger partial charge in [-0.1, -0.05) is 26.0 Å². The highest BCUT2D eigenvalue weighted by Crippen LogP contribution is 2.69. The van der Waals surface area contributed by atoms with Crippen LogP contribution in [0.3, 0.4) is 0 Å². The Hall–Kier alpha value is -0.380. The van der Waals surface area contributed by atoms with Gasteiger partial charge in [0.25, 0.3) is 0 Å². The topological polar surface area (TPSA) is 60.7 Å². The fourth-order valence-corrected chi connectivity index (χ4v) is 5.32. The third-order valence-corrected chi connectivity index (χ3v) is 6.15. The van der Waals surface area contributed by atoms with Crippen molar-refractivity contribution in [3.63, 3.8) is 0 Å². The van der Waals surface area contributed by atoms with E-state index in [1.165, 1.54) is 0 Å². The van der Waals surface area contributed by atoms with Crippen molar-refractivity contribution in [3.8, 4) is 0 Å². The van der Waals surface area contributed by atoms with Crippen molar-refractivity contribution in [1.82, 2.24) is 0 Å². The van der Waals surface area contributed by atoms with Crippen LogP contribution in [-0.4, -0.2) is 34.1 Å². The highest BCUT2D eigenvalue weighted by molar-refractivity contribution is 5.34. The summed E-state index contributed by atoms with van der Waals surface area (Å²) in [5, 5.41) is 30.4. The molecule has 0 aliphatic heterocycles. The molecule has 4 bridgehead atoms. The molecule has 0 saturated heterocycles. The second kappa shape index (κ2) is 3.81. The molecule has 0 radical (unpaired) electrons. The number of rotatable bonds is 2. The minimum absolute atomic E-state index is 0.00736. The highest BCUT2D eigenvalue weighted by Gasteiger charge is 2.70. The highest BCUT2D eigenvalue weighted by atomic mass is 16.3. The molecule has 3 fully saturated rings. The standard InChI is InChI=1S/C15H24O3/c1-7(2)9-4-5-15(6-16)8(3)10-11(9)12(15)14(18)13(10)17/h7,9-14,16-18H,3-6H2,1-2H3/t9-,10+,11-,12-,13-,14+,15-/m0/s1. The molecule has 0 aromatic rings. The van der Waals surface area contributed by atoms with E-state index in [1.54, 1.807) is 0 Å². The van der Waals surface area contributed by atoms with Gasteiger partial charge in [0.15, 0.2) is 0 Å². The minimum Gasteiger partial charge on any atom is -0.395 e. The maximum Gasteiger partial charge on any atom is 0.0870 e. The zero-order valence-corrected chi connectivity index (χ0v) is 11.2. The fourth-order valence-electron chi connectivity index (χ4n) is 5.32. The summed E-state index contributed by atoms with van der Waals surface area (Å²) >= 11 is 0. The molecule has 3 saturated carbocycles. The molecular formula is C15H24O3. The first-order chi connectivity index (χ1) is 8.45. The summed E-state index contributed by atoms with van der Waals surface area (Å²) in [4.78, 5) is 0. The van der Waals surface area contributed by atoms with Gasteiger partial charge in [0.05, 0.1) is 18.8 Å². The molecule has 3 rings (SSSR count). The smallest absolute Gasteiger partial charge is 0.0870 e. The molecule has 0 unspecified atom stereocenters. The summed E-state index contributed by atoms with van der Waals surface area (Å²) in [6, 6.07) is 0. The largest absolute Gasteiger partial charge is 0.395 e. The Bertz CT molecular complexity index is 378. The van der Waals surface area contributed by atoms with Gasteiger partial charge in [-0.3, -0.25) is 0 Å². The molecule has 3 heteroatoms. The Morgan fingerprint density at radius 1 is 1.33 bits per heavy atom. The van der Waals surface area contributed by atoms with Gasteiger partial charge in [0, 0.05) is 17.3 Å². The maximum absolute atomic E-state index is 10.3. The molecule has 7 atom stereocenters. The van der Waals surface area contributed by atoms with Crippen molar-refractivity contribution in [2.75, 3.05) is 6.61 Å². The normalized spacial score (nSPS) is 54.4. The zero-order valence-electron chi connectivity index (χ0n) is 11.2. The van der Waals surface area contributed by atoms with Crippen LogP contribution in [0.25, 0.3) is 0 Å². The molecule has 18 heavy (non-hydrogen) atoms. The first-order valence-corrected chi connectivity index (χ1v) is 7.12. The van der Waals surface area contributed by atoms with E-state index in [2.05, 4.69) is 20.4 Å². The Balaban J connectivity index is 2.07. The van der Waals surface area contributed by atoms with E-state index in [1.807, 2.05) is 0 Å². The lowest BCUT2D eigenvalue weighted by Gasteiger charge is -2.46. The van der Waals surface area contributed by atoms with E-state index in [9.17, 15) is 15.3 Å². The first-order valence-electron chi connectivity index (χ1n) is 7.12. The van der Waals surface area contributed by atoms with Gasteiger partial charge in [0.2, 0.25) is 0 Å². The predicted molar refractivity (Wildman–Crippen MR) is 68.7 cm³/mol. The van der Waals surface area contributed by atoms with Gasteiger partial charge in [-0.15, -0.1) is 0 Å². The van der Waals surface area contributed by atoms with Crippen LogP contribution in [0.1, 0.15) is 26.7 Å². The van der Waals surface area contributed by atoms with Crippen molar-refractivity contribution in [2.24, 2.45) is 35.0 Å². The van der Waals surface area contributed by atoms with Crippen LogP contribution < -0.4 is 0 Å². The van der Waals surface area contributed by atoms with Gasteiger partial charge in [-0.25, -0.2) is 0 Å².